The van der Waals surface area contributed by atoms with Gasteiger partial charge >= 0.3 is 0 Å². The van der Waals surface area contributed by atoms with E-state index in [0.29, 0.717) is 25.3 Å². The van der Waals surface area contributed by atoms with Crippen molar-refractivity contribution in [3.8, 4) is 11.5 Å². The third-order valence-corrected chi connectivity index (χ3v) is 4.63. The molecule has 2 amide bonds. The van der Waals surface area contributed by atoms with Crippen LogP contribution < -0.4 is 14.8 Å². The Labute approximate surface area is 172 Å². The second-order valence-electron chi connectivity index (χ2n) is 6.79. The first-order chi connectivity index (χ1) is 14.0. The van der Waals surface area contributed by atoms with E-state index >= 15 is 0 Å². The fourth-order valence-electron chi connectivity index (χ4n) is 3.00. The molecule has 0 aliphatic rings. The van der Waals surface area contributed by atoms with Gasteiger partial charge in [-0.1, -0.05) is 36.8 Å². The minimum atomic E-state index is -0.564. The molecule has 0 fully saturated rings. The molecule has 0 radical (unpaired) electrons. The Morgan fingerprint density at radius 1 is 1.00 bits per heavy atom. The molecule has 1 atom stereocenters. The lowest BCUT2D eigenvalue weighted by molar-refractivity contribution is -0.142. The van der Waals surface area contributed by atoms with Crippen molar-refractivity contribution in [1.29, 1.82) is 0 Å². The predicted octanol–water partition coefficient (Wildman–Crippen LogP) is 3.33. The van der Waals surface area contributed by atoms with Crippen LogP contribution in [0, 0.1) is 6.92 Å². The molecule has 156 valence electrons. The summed E-state index contributed by atoms with van der Waals surface area (Å²) in [5.41, 5.74) is 2.03. The van der Waals surface area contributed by atoms with Crippen LogP contribution in [0.15, 0.2) is 48.5 Å². The fourth-order valence-corrected chi connectivity index (χ4v) is 3.00. The van der Waals surface area contributed by atoms with Crippen molar-refractivity contribution in [2.45, 2.75) is 39.8 Å². The first-order valence-electron chi connectivity index (χ1n) is 9.88. The van der Waals surface area contributed by atoms with Crippen molar-refractivity contribution in [2.75, 3.05) is 20.3 Å². The molecule has 0 bridgehead atoms. The van der Waals surface area contributed by atoms with E-state index in [2.05, 4.69) is 5.32 Å². The Morgan fingerprint density at radius 2 is 1.62 bits per heavy atom. The van der Waals surface area contributed by atoms with Gasteiger partial charge in [0.15, 0.2) is 6.61 Å². The highest BCUT2D eigenvalue weighted by Crippen LogP contribution is 2.17. The van der Waals surface area contributed by atoms with E-state index in [1.165, 1.54) is 0 Å². The first-order valence-corrected chi connectivity index (χ1v) is 9.88. The summed E-state index contributed by atoms with van der Waals surface area (Å²) in [6.07, 6.45) is 0.512. The monoisotopic (exact) mass is 398 g/mol. The predicted molar refractivity (Wildman–Crippen MR) is 113 cm³/mol. The number of carbonyl (C=O) groups excluding carboxylic acids is 2. The van der Waals surface area contributed by atoms with Crippen molar-refractivity contribution in [3.63, 3.8) is 0 Å². The number of rotatable bonds is 10. The van der Waals surface area contributed by atoms with Crippen molar-refractivity contribution in [3.05, 3.63) is 59.7 Å². The number of hydrogen-bond acceptors (Lipinski definition) is 4. The highest BCUT2D eigenvalue weighted by Gasteiger charge is 2.28. The van der Waals surface area contributed by atoms with Gasteiger partial charge in [-0.2, -0.15) is 0 Å². The average Bonchev–Trinajstić information content (AvgIpc) is 2.73. The summed E-state index contributed by atoms with van der Waals surface area (Å²) in [5, 5.41) is 2.82. The minimum Gasteiger partial charge on any atom is -0.497 e. The number of nitrogens with one attached hydrogen (secondary N) is 1. The molecule has 0 aliphatic carbocycles. The van der Waals surface area contributed by atoms with E-state index < -0.39 is 6.04 Å². The Kier molecular flexibility index (Phi) is 8.52. The smallest absolute Gasteiger partial charge is 0.261 e. The zero-order chi connectivity index (χ0) is 21.2. The highest BCUT2D eigenvalue weighted by molar-refractivity contribution is 5.88. The molecule has 6 heteroatoms. The quantitative estimate of drug-likeness (QED) is 0.667. The van der Waals surface area contributed by atoms with Gasteiger partial charge < -0.3 is 19.7 Å². The van der Waals surface area contributed by atoms with E-state index in [1.807, 2.05) is 69.3 Å². The summed E-state index contributed by atoms with van der Waals surface area (Å²) in [6.45, 7) is 6.45. The maximum absolute atomic E-state index is 13.0. The number of amides is 2. The Morgan fingerprint density at radius 3 is 2.17 bits per heavy atom. The molecule has 0 aliphatic heterocycles. The zero-order valence-corrected chi connectivity index (χ0v) is 17.6. The van der Waals surface area contributed by atoms with Crippen LogP contribution in [-0.2, 0) is 16.1 Å². The lowest BCUT2D eigenvalue weighted by atomic mass is 10.1. The van der Waals surface area contributed by atoms with Gasteiger partial charge in [-0.15, -0.1) is 0 Å². The van der Waals surface area contributed by atoms with E-state index in [0.717, 1.165) is 16.9 Å². The molecule has 0 spiro atoms. The number of methoxy groups -OCH3 is 1. The molecular weight excluding hydrogens is 368 g/mol. The van der Waals surface area contributed by atoms with Crippen LogP contribution in [0.2, 0.25) is 0 Å². The average molecular weight is 399 g/mol. The summed E-state index contributed by atoms with van der Waals surface area (Å²) in [6, 6.07) is 14.4. The van der Waals surface area contributed by atoms with Gasteiger partial charge in [-0.25, -0.2) is 0 Å². The van der Waals surface area contributed by atoms with Crippen molar-refractivity contribution in [1.82, 2.24) is 10.2 Å². The van der Waals surface area contributed by atoms with Crippen molar-refractivity contribution in [2.24, 2.45) is 0 Å². The third kappa shape index (κ3) is 6.52. The van der Waals surface area contributed by atoms with Gasteiger partial charge in [0.25, 0.3) is 5.91 Å². The molecule has 2 rings (SSSR count). The summed E-state index contributed by atoms with van der Waals surface area (Å²) < 4.78 is 10.9. The molecule has 0 aromatic heterocycles. The molecule has 0 unspecified atom stereocenters. The number of benzene rings is 2. The number of nitrogens with zero attached hydrogens (tertiary/aromatic N) is 1. The number of aryl methyl sites for hydroxylation is 1. The molecule has 1 N–H and O–H groups in total. The van der Waals surface area contributed by atoms with E-state index in [4.69, 9.17) is 9.47 Å². The molecule has 0 saturated carbocycles. The summed E-state index contributed by atoms with van der Waals surface area (Å²) in [4.78, 5) is 27.2. The SMILES string of the molecule is CCNC(=O)[C@@H](CC)N(Cc1ccc(OC)cc1)C(=O)COc1ccc(C)cc1. The Bertz CT molecular complexity index is 788. The van der Waals surface area contributed by atoms with Gasteiger partial charge in [-0.3, -0.25) is 9.59 Å². The minimum absolute atomic E-state index is 0.130. The number of hydrogen-bond donors (Lipinski definition) is 1. The molecule has 29 heavy (non-hydrogen) atoms. The summed E-state index contributed by atoms with van der Waals surface area (Å²) in [5.74, 6) is 0.969. The lowest BCUT2D eigenvalue weighted by Crippen LogP contribution is -2.50. The van der Waals surface area contributed by atoms with Crippen LogP contribution >= 0.6 is 0 Å². The first kappa shape index (κ1) is 22.3. The van der Waals surface area contributed by atoms with Crippen LogP contribution in [-0.4, -0.2) is 43.0 Å². The normalized spacial score (nSPS) is 11.4. The van der Waals surface area contributed by atoms with Crippen molar-refractivity contribution < 1.29 is 19.1 Å². The summed E-state index contributed by atoms with van der Waals surface area (Å²) in [7, 11) is 1.61. The van der Waals surface area contributed by atoms with Gasteiger partial charge in [0.05, 0.1) is 7.11 Å². The van der Waals surface area contributed by atoms with Crippen LogP contribution in [0.25, 0.3) is 0 Å². The topological polar surface area (TPSA) is 67.9 Å². The maximum atomic E-state index is 13.0. The maximum Gasteiger partial charge on any atom is 0.261 e. The Hall–Kier alpha value is -3.02. The fraction of sp³-hybridized carbons (Fsp3) is 0.391. The van der Waals surface area contributed by atoms with Crippen molar-refractivity contribution >= 4 is 11.8 Å². The molecule has 2 aromatic rings. The third-order valence-electron chi connectivity index (χ3n) is 4.63. The van der Waals surface area contributed by atoms with E-state index in [9.17, 15) is 9.59 Å². The standard InChI is InChI=1S/C23H30N2O4/c1-5-21(23(27)24-6-2)25(15-18-9-13-19(28-4)14-10-18)22(26)16-29-20-11-7-17(3)8-12-20/h7-14,21H,5-6,15-16H2,1-4H3,(H,24,27)/t21-/m1/s1. The lowest BCUT2D eigenvalue weighted by Gasteiger charge is -2.30. The number of likely N-dealkylation sites (N-methyl/N-ethyl adjacent to an activating group) is 1. The molecule has 0 heterocycles. The highest BCUT2D eigenvalue weighted by atomic mass is 16.5. The molecule has 0 saturated heterocycles. The van der Waals surface area contributed by atoms with Crippen LogP contribution in [0.5, 0.6) is 11.5 Å². The van der Waals surface area contributed by atoms with E-state index in [1.54, 1.807) is 12.0 Å². The second kappa shape index (κ2) is 11.1. The number of carbonyl (C=O) groups is 2. The van der Waals surface area contributed by atoms with Crippen LogP contribution in [0.3, 0.4) is 0 Å². The van der Waals surface area contributed by atoms with Gasteiger partial charge in [0, 0.05) is 13.1 Å². The molecular formula is C23H30N2O4. The Balaban J connectivity index is 2.17. The molecule has 6 nitrogen and oxygen atoms in total. The second-order valence-corrected chi connectivity index (χ2v) is 6.79. The number of ether oxygens (including phenoxy) is 2. The van der Waals surface area contributed by atoms with Crippen LogP contribution in [0.1, 0.15) is 31.4 Å². The van der Waals surface area contributed by atoms with Gasteiger partial charge in [-0.05, 0) is 50.1 Å². The molecule has 2 aromatic carbocycles. The summed E-state index contributed by atoms with van der Waals surface area (Å²) >= 11 is 0. The van der Waals surface area contributed by atoms with Crippen LogP contribution in [0.4, 0.5) is 0 Å². The zero-order valence-electron chi connectivity index (χ0n) is 17.6. The van der Waals surface area contributed by atoms with E-state index in [-0.39, 0.29) is 18.4 Å². The largest absolute Gasteiger partial charge is 0.497 e. The van der Waals surface area contributed by atoms with Gasteiger partial charge in [0.2, 0.25) is 5.91 Å². The van der Waals surface area contributed by atoms with Gasteiger partial charge in [0.1, 0.15) is 17.5 Å².